The highest BCUT2D eigenvalue weighted by Crippen LogP contribution is 2.32. The molecule has 0 spiro atoms. The molecule has 3 nitrogen and oxygen atoms in total. The molecule has 0 radical (unpaired) electrons. The van der Waals surface area contributed by atoms with Crippen molar-refractivity contribution in [2.75, 3.05) is 26.9 Å². The lowest BCUT2D eigenvalue weighted by molar-refractivity contribution is 0.172. The first-order valence-electron chi connectivity index (χ1n) is 7.33. The van der Waals surface area contributed by atoms with E-state index in [2.05, 4.69) is 30.4 Å². The van der Waals surface area contributed by atoms with E-state index in [9.17, 15) is 0 Å². The van der Waals surface area contributed by atoms with E-state index in [1.54, 1.807) is 7.11 Å². The van der Waals surface area contributed by atoms with Crippen LogP contribution in [0.25, 0.3) is 0 Å². The van der Waals surface area contributed by atoms with E-state index in [0.29, 0.717) is 6.04 Å². The average Bonchev–Trinajstić information content (AvgIpc) is 2.44. The molecule has 3 heteroatoms. The Kier molecular flexibility index (Phi) is 5.67. The fourth-order valence-corrected chi connectivity index (χ4v) is 2.73. The van der Waals surface area contributed by atoms with Crippen molar-refractivity contribution in [3.63, 3.8) is 0 Å². The van der Waals surface area contributed by atoms with Gasteiger partial charge in [-0.2, -0.15) is 0 Å². The number of methoxy groups -OCH3 is 1. The summed E-state index contributed by atoms with van der Waals surface area (Å²) in [4.78, 5) is 0. The molecule has 1 N–H and O–H groups in total. The normalized spacial score (nSPS) is 18.1. The summed E-state index contributed by atoms with van der Waals surface area (Å²) in [6.07, 6.45) is 4.62. The molecular formula is C16H25NO2. The second-order valence-corrected chi connectivity index (χ2v) is 5.06. The highest BCUT2D eigenvalue weighted by Gasteiger charge is 2.19. The SMILES string of the molecule is CCNC1CCCc2cc(OCCCOC)ccc21. The van der Waals surface area contributed by atoms with Crippen LogP contribution in [0.15, 0.2) is 18.2 Å². The summed E-state index contributed by atoms with van der Waals surface area (Å²) >= 11 is 0. The standard InChI is InChI=1S/C16H25NO2/c1-3-17-16-7-4-6-13-12-14(8-9-15(13)16)19-11-5-10-18-2/h8-9,12,16-17H,3-7,10-11H2,1-2H3. The fourth-order valence-electron chi connectivity index (χ4n) is 2.73. The third-order valence-electron chi connectivity index (χ3n) is 3.64. The maximum absolute atomic E-state index is 5.77. The van der Waals surface area contributed by atoms with E-state index in [1.165, 1.54) is 30.4 Å². The topological polar surface area (TPSA) is 30.5 Å². The summed E-state index contributed by atoms with van der Waals surface area (Å²) in [7, 11) is 1.72. The van der Waals surface area contributed by atoms with Gasteiger partial charge in [0.2, 0.25) is 0 Å². The van der Waals surface area contributed by atoms with Gasteiger partial charge in [-0.25, -0.2) is 0 Å². The lowest BCUT2D eigenvalue weighted by atomic mass is 9.87. The van der Waals surface area contributed by atoms with Crippen molar-refractivity contribution in [2.24, 2.45) is 0 Å². The Morgan fingerprint density at radius 1 is 1.32 bits per heavy atom. The number of nitrogens with one attached hydrogen (secondary N) is 1. The Hall–Kier alpha value is -1.06. The summed E-state index contributed by atoms with van der Waals surface area (Å²) in [5.41, 5.74) is 2.90. The monoisotopic (exact) mass is 263 g/mol. The van der Waals surface area contributed by atoms with Crippen molar-refractivity contribution < 1.29 is 9.47 Å². The fraction of sp³-hybridized carbons (Fsp3) is 0.625. The third-order valence-corrected chi connectivity index (χ3v) is 3.64. The molecule has 1 aliphatic rings. The predicted octanol–water partition coefficient (Wildman–Crippen LogP) is 3.09. The molecule has 19 heavy (non-hydrogen) atoms. The van der Waals surface area contributed by atoms with Gasteiger partial charge in [0, 0.05) is 26.2 Å². The molecule has 0 aromatic heterocycles. The largest absolute Gasteiger partial charge is 0.493 e. The minimum absolute atomic E-state index is 0.524. The van der Waals surface area contributed by atoms with Crippen molar-refractivity contribution in [3.05, 3.63) is 29.3 Å². The molecular weight excluding hydrogens is 238 g/mol. The minimum atomic E-state index is 0.524. The Morgan fingerprint density at radius 2 is 2.21 bits per heavy atom. The van der Waals surface area contributed by atoms with Gasteiger partial charge in [-0.15, -0.1) is 0 Å². The molecule has 106 valence electrons. The molecule has 1 aromatic rings. The highest BCUT2D eigenvalue weighted by molar-refractivity contribution is 5.39. The molecule has 1 unspecified atom stereocenters. The number of rotatable bonds is 7. The smallest absolute Gasteiger partial charge is 0.119 e. The Balaban J connectivity index is 1.98. The van der Waals surface area contributed by atoms with E-state index in [-0.39, 0.29) is 0 Å². The summed E-state index contributed by atoms with van der Waals surface area (Å²) in [5, 5.41) is 3.56. The summed E-state index contributed by atoms with van der Waals surface area (Å²) < 4.78 is 10.8. The van der Waals surface area contributed by atoms with Crippen LogP contribution < -0.4 is 10.1 Å². The zero-order valence-corrected chi connectivity index (χ0v) is 12.1. The van der Waals surface area contributed by atoms with Gasteiger partial charge in [-0.1, -0.05) is 13.0 Å². The average molecular weight is 263 g/mol. The number of hydrogen-bond donors (Lipinski definition) is 1. The first kappa shape index (κ1) is 14.4. The number of ether oxygens (including phenoxy) is 2. The van der Waals surface area contributed by atoms with Gasteiger partial charge in [-0.05, 0) is 49.1 Å². The van der Waals surface area contributed by atoms with Crippen LogP contribution in [0, 0.1) is 0 Å². The molecule has 0 bridgehead atoms. The Bertz CT molecular complexity index is 392. The minimum Gasteiger partial charge on any atom is -0.493 e. The summed E-state index contributed by atoms with van der Waals surface area (Å²) in [5.74, 6) is 0.993. The van der Waals surface area contributed by atoms with E-state index in [0.717, 1.165) is 31.9 Å². The predicted molar refractivity (Wildman–Crippen MR) is 77.8 cm³/mol. The van der Waals surface area contributed by atoms with E-state index >= 15 is 0 Å². The number of hydrogen-bond acceptors (Lipinski definition) is 3. The van der Waals surface area contributed by atoms with E-state index in [1.807, 2.05) is 0 Å². The Labute approximate surface area is 116 Å². The van der Waals surface area contributed by atoms with Gasteiger partial charge < -0.3 is 14.8 Å². The maximum Gasteiger partial charge on any atom is 0.119 e. The van der Waals surface area contributed by atoms with Crippen LogP contribution in [0.4, 0.5) is 0 Å². The lowest BCUT2D eigenvalue weighted by Gasteiger charge is -2.26. The third kappa shape index (κ3) is 3.95. The van der Waals surface area contributed by atoms with Gasteiger partial charge in [-0.3, -0.25) is 0 Å². The molecule has 0 fully saturated rings. The van der Waals surface area contributed by atoms with Gasteiger partial charge in [0.25, 0.3) is 0 Å². The first-order valence-corrected chi connectivity index (χ1v) is 7.33. The van der Waals surface area contributed by atoms with Crippen LogP contribution in [0.3, 0.4) is 0 Å². The molecule has 1 aliphatic carbocycles. The maximum atomic E-state index is 5.77. The molecule has 0 saturated heterocycles. The molecule has 1 aromatic carbocycles. The van der Waals surface area contributed by atoms with Crippen LogP contribution >= 0.6 is 0 Å². The van der Waals surface area contributed by atoms with Crippen LogP contribution in [0.2, 0.25) is 0 Å². The van der Waals surface area contributed by atoms with Crippen molar-refractivity contribution in [1.29, 1.82) is 0 Å². The van der Waals surface area contributed by atoms with Gasteiger partial charge in [0.15, 0.2) is 0 Å². The number of aryl methyl sites for hydroxylation is 1. The quantitative estimate of drug-likeness (QED) is 0.767. The number of benzene rings is 1. The van der Waals surface area contributed by atoms with Crippen LogP contribution in [0.1, 0.15) is 43.4 Å². The summed E-state index contributed by atoms with van der Waals surface area (Å²) in [6.45, 7) is 4.68. The van der Waals surface area contributed by atoms with Crippen molar-refractivity contribution in [3.8, 4) is 5.75 Å². The lowest BCUT2D eigenvalue weighted by Crippen LogP contribution is -2.24. The van der Waals surface area contributed by atoms with Gasteiger partial charge in [0.05, 0.1) is 6.61 Å². The highest BCUT2D eigenvalue weighted by atomic mass is 16.5. The Morgan fingerprint density at radius 3 is 3.00 bits per heavy atom. The van der Waals surface area contributed by atoms with Crippen molar-refractivity contribution in [2.45, 2.75) is 38.6 Å². The van der Waals surface area contributed by atoms with Crippen molar-refractivity contribution in [1.82, 2.24) is 5.32 Å². The molecule has 1 atom stereocenters. The zero-order valence-electron chi connectivity index (χ0n) is 12.1. The van der Waals surface area contributed by atoms with Crippen LogP contribution in [-0.2, 0) is 11.2 Å². The summed E-state index contributed by atoms with van der Waals surface area (Å²) in [6, 6.07) is 7.07. The van der Waals surface area contributed by atoms with E-state index < -0.39 is 0 Å². The zero-order chi connectivity index (χ0) is 13.5. The second-order valence-electron chi connectivity index (χ2n) is 5.06. The molecule has 2 rings (SSSR count). The second kappa shape index (κ2) is 7.51. The van der Waals surface area contributed by atoms with Gasteiger partial charge >= 0.3 is 0 Å². The number of fused-ring (bicyclic) bond motifs is 1. The molecule has 0 amide bonds. The van der Waals surface area contributed by atoms with Gasteiger partial charge in [0.1, 0.15) is 5.75 Å². The molecule has 0 heterocycles. The van der Waals surface area contributed by atoms with Crippen LogP contribution in [-0.4, -0.2) is 26.9 Å². The molecule has 0 aliphatic heterocycles. The van der Waals surface area contributed by atoms with Crippen LogP contribution in [0.5, 0.6) is 5.75 Å². The first-order chi connectivity index (χ1) is 9.35. The van der Waals surface area contributed by atoms with E-state index in [4.69, 9.17) is 9.47 Å². The molecule has 0 saturated carbocycles. The van der Waals surface area contributed by atoms with Crippen molar-refractivity contribution >= 4 is 0 Å².